The van der Waals surface area contributed by atoms with Gasteiger partial charge in [0.05, 0.1) is 17.5 Å². The number of hydrogen-bond donors (Lipinski definition) is 2. The van der Waals surface area contributed by atoms with E-state index < -0.39 is 23.1 Å². The van der Waals surface area contributed by atoms with Gasteiger partial charge in [-0.25, -0.2) is 0 Å². The van der Waals surface area contributed by atoms with E-state index in [4.69, 9.17) is 4.42 Å². The quantitative estimate of drug-likeness (QED) is 0.691. The van der Waals surface area contributed by atoms with Crippen LogP contribution in [0.1, 0.15) is 38.0 Å². The second-order valence-corrected chi connectivity index (χ2v) is 6.24. The van der Waals surface area contributed by atoms with Crippen LogP contribution in [-0.2, 0) is 17.5 Å². The molecule has 0 saturated heterocycles. The van der Waals surface area contributed by atoms with Crippen molar-refractivity contribution in [3.63, 3.8) is 0 Å². The fourth-order valence-corrected chi connectivity index (χ4v) is 2.78. The molecule has 2 rings (SSSR count). The van der Waals surface area contributed by atoms with Gasteiger partial charge in [-0.2, -0.15) is 13.2 Å². The number of furan rings is 1. The summed E-state index contributed by atoms with van der Waals surface area (Å²) in [5.41, 5.74) is -1.23. The van der Waals surface area contributed by atoms with E-state index in [-0.39, 0.29) is 6.54 Å². The van der Waals surface area contributed by atoms with Crippen molar-refractivity contribution in [2.24, 2.45) is 5.41 Å². The van der Waals surface area contributed by atoms with Gasteiger partial charge < -0.3 is 14.8 Å². The standard InChI is InChI=1S/C19H22F3NO3/c1-3-18(4-2,17(24)25)12-23-11-15-8-9-16(26-15)13-6-5-7-14(10-13)19(20,21)22/h5-10,23H,3-4,11-12H2,1-2H3,(H,24,25). The highest BCUT2D eigenvalue weighted by molar-refractivity contribution is 5.74. The highest BCUT2D eigenvalue weighted by Gasteiger charge is 2.34. The zero-order valence-electron chi connectivity index (χ0n) is 14.7. The van der Waals surface area contributed by atoms with Gasteiger partial charge in [0, 0.05) is 12.1 Å². The monoisotopic (exact) mass is 369 g/mol. The predicted octanol–water partition coefficient (Wildman–Crippen LogP) is 4.95. The summed E-state index contributed by atoms with van der Waals surface area (Å²) >= 11 is 0. The minimum atomic E-state index is -4.41. The molecule has 1 heterocycles. The zero-order valence-corrected chi connectivity index (χ0v) is 14.7. The summed E-state index contributed by atoms with van der Waals surface area (Å²) in [7, 11) is 0. The van der Waals surface area contributed by atoms with Crippen LogP contribution in [0.25, 0.3) is 11.3 Å². The number of alkyl halides is 3. The SMILES string of the molecule is CCC(CC)(CNCc1ccc(-c2cccc(C(F)(F)F)c2)o1)C(=O)O. The number of nitrogens with one attached hydrogen (secondary N) is 1. The predicted molar refractivity (Wildman–Crippen MR) is 91.5 cm³/mol. The van der Waals surface area contributed by atoms with Crippen LogP contribution in [0.3, 0.4) is 0 Å². The van der Waals surface area contributed by atoms with Gasteiger partial charge in [-0.1, -0.05) is 26.0 Å². The number of benzene rings is 1. The third kappa shape index (κ3) is 4.46. The third-order valence-corrected chi connectivity index (χ3v) is 4.71. The number of carboxylic acid groups (broad SMARTS) is 1. The van der Waals surface area contributed by atoms with Gasteiger partial charge in [0.2, 0.25) is 0 Å². The lowest BCUT2D eigenvalue weighted by Crippen LogP contribution is -2.39. The van der Waals surface area contributed by atoms with E-state index in [1.807, 2.05) is 13.8 Å². The smallest absolute Gasteiger partial charge is 0.416 e. The maximum atomic E-state index is 12.8. The molecule has 4 nitrogen and oxygen atoms in total. The second-order valence-electron chi connectivity index (χ2n) is 6.24. The Hall–Kier alpha value is -2.28. The van der Waals surface area contributed by atoms with Crippen molar-refractivity contribution in [1.29, 1.82) is 0 Å². The lowest BCUT2D eigenvalue weighted by molar-refractivity contribution is -0.149. The van der Waals surface area contributed by atoms with Gasteiger partial charge >= 0.3 is 12.1 Å². The van der Waals surface area contributed by atoms with Crippen molar-refractivity contribution in [2.45, 2.75) is 39.4 Å². The molecule has 0 radical (unpaired) electrons. The van der Waals surface area contributed by atoms with Gasteiger partial charge in [-0.3, -0.25) is 4.79 Å². The fraction of sp³-hybridized carbons (Fsp3) is 0.421. The van der Waals surface area contributed by atoms with E-state index in [9.17, 15) is 23.1 Å². The molecule has 26 heavy (non-hydrogen) atoms. The molecular weight excluding hydrogens is 347 g/mol. The first kappa shape index (κ1) is 20.0. The second kappa shape index (κ2) is 7.95. The van der Waals surface area contributed by atoms with Crippen molar-refractivity contribution in [2.75, 3.05) is 6.54 Å². The summed E-state index contributed by atoms with van der Waals surface area (Å²) in [6, 6.07) is 8.21. The topological polar surface area (TPSA) is 62.5 Å². The summed E-state index contributed by atoms with van der Waals surface area (Å²) < 4.78 is 44.0. The van der Waals surface area contributed by atoms with Crippen LogP contribution in [0.2, 0.25) is 0 Å². The molecule has 0 bridgehead atoms. The van der Waals surface area contributed by atoms with E-state index >= 15 is 0 Å². The Kier molecular flexibility index (Phi) is 6.13. The van der Waals surface area contributed by atoms with Crippen molar-refractivity contribution in [3.05, 3.63) is 47.7 Å². The Morgan fingerprint density at radius 3 is 2.42 bits per heavy atom. The van der Waals surface area contributed by atoms with Crippen LogP contribution in [-0.4, -0.2) is 17.6 Å². The van der Waals surface area contributed by atoms with Crippen LogP contribution in [0.15, 0.2) is 40.8 Å². The van der Waals surface area contributed by atoms with E-state index in [1.54, 1.807) is 18.2 Å². The summed E-state index contributed by atoms with van der Waals surface area (Å²) in [5.74, 6) is 0.0198. The summed E-state index contributed by atoms with van der Waals surface area (Å²) in [6.07, 6.45) is -3.41. The lowest BCUT2D eigenvalue weighted by atomic mass is 9.82. The van der Waals surface area contributed by atoms with E-state index in [0.717, 1.165) is 12.1 Å². The molecule has 1 aromatic heterocycles. The molecule has 0 aliphatic carbocycles. The van der Waals surface area contributed by atoms with E-state index in [2.05, 4.69) is 5.32 Å². The molecule has 0 aliphatic heterocycles. The molecule has 0 atom stereocenters. The maximum Gasteiger partial charge on any atom is 0.416 e. The van der Waals surface area contributed by atoms with Crippen molar-refractivity contribution in [1.82, 2.24) is 5.32 Å². The van der Waals surface area contributed by atoms with Gasteiger partial charge in [0.25, 0.3) is 0 Å². The Morgan fingerprint density at radius 1 is 1.15 bits per heavy atom. The van der Waals surface area contributed by atoms with E-state index in [1.165, 1.54) is 6.07 Å². The molecule has 7 heteroatoms. The summed E-state index contributed by atoms with van der Waals surface area (Å²) in [6.45, 7) is 4.25. The molecule has 0 spiro atoms. The van der Waals surface area contributed by atoms with Crippen LogP contribution >= 0.6 is 0 Å². The number of halogens is 3. The van der Waals surface area contributed by atoms with Gasteiger partial charge in [-0.05, 0) is 37.1 Å². The number of carboxylic acids is 1. The Balaban J connectivity index is 2.06. The largest absolute Gasteiger partial charge is 0.481 e. The van der Waals surface area contributed by atoms with Crippen LogP contribution < -0.4 is 5.32 Å². The normalized spacial score (nSPS) is 12.3. The third-order valence-electron chi connectivity index (χ3n) is 4.71. The van der Waals surface area contributed by atoms with Crippen molar-refractivity contribution in [3.8, 4) is 11.3 Å². The molecule has 0 fully saturated rings. The maximum absolute atomic E-state index is 12.8. The average molecular weight is 369 g/mol. The molecule has 2 N–H and O–H groups in total. The molecule has 1 aromatic carbocycles. The highest BCUT2D eigenvalue weighted by atomic mass is 19.4. The molecule has 0 unspecified atom stereocenters. The molecule has 0 amide bonds. The fourth-order valence-electron chi connectivity index (χ4n) is 2.78. The number of rotatable bonds is 8. The molecule has 0 saturated carbocycles. The molecule has 0 aliphatic rings. The molecular formula is C19H22F3NO3. The van der Waals surface area contributed by atoms with Crippen molar-refractivity contribution >= 4 is 5.97 Å². The van der Waals surface area contributed by atoms with Crippen LogP contribution in [0, 0.1) is 5.41 Å². The lowest BCUT2D eigenvalue weighted by Gasteiger charge is -2.26. The Labute approximate surface area is 150 Å². The Bertz CT molecular complexity index is 748. The first-order valence-corrected chi connectivity index (χ1v) is 8.42. The first-order chi connectivity index (χ1) is 12.2. The molecule has 142 valence electrons. The minimum Gasteiger partial charge on any atom is -0.481 e. The highest BCUT2D eigenvalue weighted by Crippen LogP contribution is 2.32. The number of carbonyl (C=O) groups is 1. The summed E-state index contributed by atoms with van der Waals surface area (Å²) in [5, 5.41) is 12.5. The number of aliphatic carboxylic acids is 1. The molecule has 2 aromatic rings. The van der Waals surface area contributed by atoms with Gasteiger partial charge in [0.1, 0.15) is 11.5 Å². The minimum absolute atomic E-state index is 0.287. The van der Waals surface area contributed by atoms with Crippen molar-refractivity contribution < 1.29 is 27.5 Å². The van der Waals surface area contributed by atoms with Crippen LogP contribution in [0.4, 0.5) is 13.2 Å². The summed E-state index contributed by atoms with van der Waals surface area (Å²) in [4.78, 5) is 11.5. The first-order valence-electron chi connectivity index (χ1n) is 8.42. The average Bonchev–Trinajstić information content (AvgIpc) is 3.07. The zero-order chi connectivity index (χ0) is 19.4. The van der Waals surface area contributed by atoms with Gasteiger partial charge in [0.15, 0.2) is 0 Å². The van der Waals surface area contributed by atoms with Crippen LogP contribution in [0.5, 0.6) is 0 Å². The van der Waals surface area contributed by atoms with Gasteiger partial charge in [-0.15, -0.1) is 0 Å². The van der Waals surface area contributed by atoms with E-state index in [0.29, 0.717) is 36.5 Å². The Morgan fingerprint density at radius 2 is 1.85 bits per heavy atom. The number of hydrogen-bond acceptors (Lipinski definition) is 3.